The third kappa shape index (κ3) is 2.84. The Morgan fingerprint density at radius 1 is 1.12 bits per heavy atom. The number of nitrogens with zero attached hydrogens (tertiary/aromatic N) is 4. The van der Waals surface area contributed by atoms with Crippen molar-refractivity contribution in [2.24, 2.45) is 5.10 Å². The second-order valence-electron chi connectivity index (χ2n) is 5.06. The SMILES string of the molecule is CCC(=O)N1N=C(c2ccc(F)cc2)Sc2c1ncn2C(=O)CC. The molecule has 8 heteroatoms. The van der Waals surface area contributed by atoms with Crippen molar-refractivity contribution in [3.8, 4) is 0 Å². The Morgan fingerprint density at radius 3 is 2.42 bits per heavy atom. The fourth-order valence-electron chi connectivity index (χ4n) is 2.20. The van der Waals surface area contributed by atoms with Crippen LogP contribution >= 0.6 is 11.8 Å². The fourth-order valence-corrected chi connectivity index (χ4v) is 3.24. The van der Waals surface area contributed by atoms with Crippen molar-refractivity contribution in [2.75, 3.05) is 5.01 Å². The zero-order valence-electron chi connectivity index (χ0n) is 13.2. The molecule has 1 aliphatic heterocycles. The normalized spacial score (nSPS) is 13.5. The van der Waals surface area contributed by atoms with Crippen LogP contribution < -0.4 is 5.01 Å². The van der Waals surface area contributed by atoms with Crippen LogP contribution in [0.3, 0.4) is 0 Å². The quantitative estimate of drug-likeness (QED) is 0.855. The van der Waals surface area contributed by atoms with Gasteiger partial charge in [-0.15, -0.1) is 0 Å². The lowest BCUT2D eigenvalue weighted by Gasteiger charge is -2.22. The summed E-state index contributed by atoms with van der Waals surface area (Å²) in [7, 11) is 0. The lowest BCUT2D eigenvalue weighted by atomic mass is 10.2. The van der Waals surface area contributed by atoms with Crippen molar-refractivity contribution < 1.29 is 14.0 Å². The average Bonchev–Trinajstić information content (AvgIpc) is 3.04. The van der Waals surface area contributed by atoms with E-state index in [1.807, 2.05) is 0 Å². The van der Waals surface area contributed by atoms with E-state index in [4.69, 9.17) is 0 Å². The molecule has 24 heavy (non-hydrogen) atoms. The minimum Gasteiger partial charge on any atom is -0.274 e. The summed E-state index contributed by atoms with van der Waals surface area (Å²) < 4.78 is 14.6. The van der Waals surface area contributed by atoms with Gasteiger partial charge in [0, 0.05) is 18.4 Å². The summed E-state index contributed by atoms with van der Waals surface area (Å²) in [5.41, 5.74) is 0.664. The first-order valence-corrected chi connectivity index (χ1v) is 8.32. The van der Waals surface area contributed by atoms with E-state index >= 15 is 0 Å². The predicted molar refractivity (Wildman–Crippen MR) is 89.7 cm³/mol. The molecule has 0 unspecified atom stereocenters. The maximum atomic E-state index is 13.1. The van der Waals surface area contributed by atoms with Crippen molar-refractivity contribution >= 4 is 34.4 Å². The van der Waals surface area contributed by atoms with Gasteiger partial charge in [0.2, 0.25) is 11.8 Å². The summed E-state index contributed by atoms with van der Waals surface area (Å²) in [5.74, 6) is -0.362. The minimum absolute atomic E-state index is 0.125. The predicted octanol–water partition coefficient (Wildman–Crippen LogP) is 3.28. The molecule has 1 amide bonds. The van der Waals surface area contributed by atoms with E-state index in [2.05, 4.69) is 10.1 Å². The molecule has 0 radical (unpaired) electrons. The van der Waals surface area contributed by atoms with Gasteiger partial charge in [0.1, 0.15) is 22.2 Å². The van der Waals surface area contributed by atoms with E-state index in [9.17, 15) is 14.0 Å². The highest BCUT2D eigenvalue weighted by Gasteiger charge is 2.30. The number of hydrogen-bond acceptors (Lipinski definition) is 5. The Hall–Kier alpha value is -2.48. The number of imidazole rings is 1. The van der Waals surface area contributed by atoms with E-state index in [0.29, 0.717) is 27.9 Å². The number of benzene rings is 1. The van der Waals surface area contributed by atoms with Crippen molar-refractivity contribution in [3.63, 3.8) is 0 Å². The van der Waals surface area contributed by atoms with Crippen molar-refractivity contribution in [2.45, 2.75) is 31.7 Å². The molecule has 0 N–H and O–H groups in total. The average molecular weight is 346 g/mol. The zero-order chi connectivity index (χ0) is 17.3. The Kier molecular flexibility index (Phi) is 4.48. The molecule has 2 aromatic rings. The second-order valence-corrected chi connectivity index (χ2v) is 6.04. The van der Waals surface area contributed by atoms with Crippen LogP contribution in [0.2, 0.25) is 0 Å². The number of fused-ring (bicyclic) bond motifs is 1. The number of hydrazone groups is 1. The number of halogens is 1. The van der Waals surface area contributed by atoms with Crippen LogP contribution in [0.15, 0.2) is 40.7 Å². The molecule has 1 aromatic carbocycles. The van der Waals surface area contributed by atoms with Gasteiger partial charge in [-0.25, -0.2) is 9.37 Å². The topological polar surface area (TPSA) is 67.6 Å². The standard InChI is InChI=1S/C16H15FN4O2S/c1-3-12(22)20-9-18-14-16(20)24-15(19-21(14)13(23)4-2)10-5-7-11(17)8-6-10/h5-9H,3-4H2,1-2H3. The maximum absolute atomic E-state index is 13.1. The smallest absolute Gasteiger partial charge is 0.248 e. The molecule has 0 saturated carbocycles. The number of thioether (sulfide) groups is 1. The van der Waals surface area contributed by atoms with Crippen LogP contribution in [-0.2, 0) is 4.79 Å². The summed E-state index contributed by atoms with van der Waals surface area (Å²) in [6, 6.07) is 5.83. The molecule has 0 bridgehead atoms. The Balaban J connectivity index is 2.08. The first-order valence-electron chi connectivity index (χ1n) is 7.51. The third-order valence-corrected chi connectivity index (χ3v) is 4.57. The van der Waals surface area contributed by atoms with Crippen LogP contribution in [0.5, 0.6) is 0 Å². The number of carbonyl (C=O) groups is 2. The molecule has 0 atom stereocenters. The summed E-state index contributed by atoms with van der Waals surface area (Å²) in [4.78, 5) is 28.5. The van der Waals surface area contributed by atoms with E-state index < -0.39 is 0 Å². The summed E-state index contributed by atoms with van der Waals surface area (Å²) in [5, 5.41) is 6.61. The summed E-state index contributed by atoms with van der Waals surface area (Å²) >= 11 is 1.24. The molecule has 2 heterocycles. The van der Waals surface area contributed by atoms with Crippen LogP contribution in [0, 0.1) is 5.82 Å². The molecular weight excluding hydrogens is 331 g/mol. The highest BCUT2D eigenvalue weighted by molar-refractivity contribution is 8.14. The van der Waals surface area contributed by atoms with E-state index in [0.717, 1.165) is 0 Å². The lowest BCUT2D eigenvalue weighted by Crippen LogP contribution is -2.29. The monoisotopic (exact) mass is 346 g/mol. The number of hydrogen-bond donors (Lipinski definition) is 0. The molecule has 0 fully saturated rings. The van der Waals surface area contributed by atoms with E-state index in [1.54, 1.807) is 26.0 Å². The first-order chi connectivity index (χ1) is 11.5. The summed E-state index contributed by atoms with van der Waals surface area (Å²) in [6.07, 6.45) is 1.97. The van der Waals surface area contributed by atoms with Crippen LogP contribution in [0.25, 0.3) is 0 Å². The van der Waals surface area contributed by atoms with Gasteiger partial charge < -0.3 is 0 Å². The lowest BCUT2D eigenvalue weighted by molar-refractivity contribution is -0.118. The largest absolute Gasteiger partial charge is 0.274 e. The summed E-state index contributed by atoms with van der Waals surface area (Å²) in [6.45, 7) is 3.48. The minimum atomic E-state index is -0.353. The number of aromatic nitrogens is 2. The van der Waals surface area contributed by atoms with E-state index in [1.165, 1.54) is 39.8 Å². The molecule has 0 aliphatic carbocycles. The molecule has 1 aliphatic rings. The second kappa shape index (κ2) is 6.56. The fraction of sp³-hybridized carbons (Fsp3) is 0.250. The van der Waals surface area contributed by atoms with Crippen molar-refractivity contribution in [1.82, 2.24) is 9.55 Å². The van der Waals surface area contributed by atoms with Crippen LogP contribution in [0.1, 0.15) is 37.0 Å². The third-order valence-electron chi connectivity index (χ3n) is 3.49. The molecule has 0 saturated heterocycles. The molecule has 124 valence electrons. The van der Waals surface area contributed by atoms with Gasteiger partial charge in [0.25, 0.3) is 0 Å². The van der Waals surface area contributed by atoms with Crippen molar-refractivity contribution in [1.29, 1.82) is 0 Å². The van der Waals surface area contributed by atoms with Gasteiger partial charge in [-0.05, 0) is 36.0 Å². The Labute approximate surface area is 142 Å². The zero-order valence-corrected chi connectivity index (χ0v) is 14.0. The van der Waals surface area contributed by atoms with Gasteiger partial charge in [0.15, 0.2) is 5.82 Å². The number of rotatable bonds is 3. The van der Waals surface area contributed by atoms with Gasteiger partial charge >= 0.3 is 0 Å². The van der Waals surface area contributed by atoms with Crippen LogP contribution in [-0.4, -0.2) is 26.4 Å². The Bertz CT molecular complexity index is 829. The number of carbonyl (C=O) groups excluding carboxylic acids is 2. The molecular formula is C16H15FN4O2S. The molecule has 1 aromatic heterocycles. The van der Waals surface area contributed by atoms with Gasteiger partial charge in [-0.2, -0.15) is 10.1 Å². The molecule has 6 nitrogen and oxygen atoms in total. The molecule has 3 rings (SSSR count). The van der Waals surface area contributed by atoms with Crippen LogP contribution in [0.4, 0.5) is 10.2 Å². The number of amides is 1. The van der Waals surface area contributed by atoms with E-state index in [-0.39, 0.29) is 24.1 Å². The van der Waals surface area contributed by atoms with Gasteiger partial charge in [0.05, 0.1) is 0 Å². The first kappa shape index (κ1) is 16.4. The van der Waals surface area contributed by atoms with Gasteiger partial charge in [-0.1, -0.05) is 13.8 Å². The highest BCUT2D eigenvalue weighted by Crippen LogP contribution is 2.37. The maximum Gasteiger partial charge on any atom is 0.248 e. The Morgan fingerprint density at radius 2 is 1.79 bits per heavy atom. The number of anilines is 1. The highest BCUT2D eigenvalue weighted by atomic mass is 32.2. The molecule has 0 spiro atoms. The van der Waals surface area contributed by atoms with Gasteiger partial charge in [-0.3, -0.25) is 14.2 Å². The van der Waals surface area contributed by atoms with Crippen molar-refractivity contribution in [3.05, 3.63) is 42.0 Å².